The van der Waals surface area contributed by atoms with E-state index in [1.54, 1.807) is 49.9 Å². The molecule has 0 radical (unpaired) electrons. The van der Waals surface area contributed by atoms with Crippen molar-refractivity contribution in [2.45, 2.75) is 0 Å². The molecule has 2 amide bonds. The number of carbonyl (C=O) groups is 2. The zero-order valence-corrected chi connectivity index (χ0v) is 13.5. The molecule has 2 aromatic rings. The van der Waals surface area contributed by atoms with Crippen LogP contribution in [-0.2, 0) is 4.79 Å². The van der Waals surface area contributed by atoms with Gasteiger partial charge in [0, 0.05) is 11.6 Å². The first kappa shape index (κ1) is 16.6. The van der Waals surface area contributed by atoms with Crippen molar-refractivity contribution in [1.29, 1.82) is 0 Å². The Bertz CT molecular complexity index is 752. The Morgan fingerprint density at radius 1 is 1.22 bits per heavy atom. The fourth-order valence-corrected chi connectivity index (χ4v) is 2.68. The molecule has 1 heterocycles. The third kappa shape index (κ3) is 4.10. The van der Waals surface area contributed by atoms with Gasteiger partial charge < -0.3 is 20.5 Å². The fourth-order valence-electron chi connectivity index (χ4n) is 1.89. The molecule has 7 heteroatoms. The quantitative estimate of drug-likeness (QED) is 0.795. The predicted octanol–water partition coefficient (Wildman–Crippen LogP) is 2.52. The highest BCUT2D eigenvalue weighted by atomic mass is 32.1. The molecule has 0 atom stereocenters. The SMILES string of the molecule is COc1ccc(OC)c(/C=C/C(=O)Nc2sccc2C(N)=O)c1. The van der Waals surface area contributed by atoms with Gasteiger partial charge in [0.2, 0.25) is 5.91 Å². The van der Waals surface area contributed by atoms with Gasteiger partial charge in [-0.25, -0.2) is 0 Å². The van der Waals surface area contributed by atoms with Crippen molar-refractivity contribution in [2.75, 3.05) is 19.5 Å². The van der Waals surface area contributed by atoms with Crippen LogP contribution in [0.25, 0.3) is 6.08 Å². The Labute approximate surface area is 137 Å². The molecule has 0 aliphatic heterocycles. The summed E-state index contributed by atoms with van der Waals surface area (Å²) in [7, 11) is 3.11. The Morgan fingerprint density at radius 3 is 2.65 bits per heavy atom. The molecule has 0 saturated carbocycles. The van der Waals surface area contributed by atoms with Crippen LogP contribution in [0.4, 0.5) is 5.00 Å². The number of methoxy groups -OCH3 is 2. The van der Waals surface area contributed by atoms with Crippen LogP contribution < -0.4 is 20.5 Å². The van der Waals surface area contributed by atoms with Gasteiger partial charge in [-0.05, 0) is 35.7 Å². The van der Waals surface area contributed by atoms with Crippen LogP contribution in [0.1, 0.15) is 15.9 Å². The van der Waals surface area contributed by atoms with Crippen LogP contribution in [0.15, 0.2) is 35.7 Å². The molecule has 0 spiro atoms. The number of anilines is 1. The Morgan fingerprint density at radius 2 is 2.00 bits per heavy atom. The largest absolute Gasteiger partial charge is 0.497 e. The molecule has 2 rings (SSSR count). The number of hydrogen-bond acceptors (Lipinski definition) is 5. The number of ether oxygens (including phenoxy) is 2. The average molecular weight is 332 g/mol. The molecule has 0 saturated heterocycles. The second-order valence-electron chi connectivity index (χ2n) is 4.46. The van der Waals surface area contributed by atoms with E-state index in [9.17, 15) is 9.59 Å². The zero-order valence-electron chi connectivity index (χ0n) is 12.7. The monoisotopic (exact) mass is 332 g/mol. The molecule has 23 heavy (non-hydrogen) atoms. The molecule has 0 fully saturated rings. The minimum Gasteiger partial charge on any atom is -0.497 e. The summed E-state index contributed by atoms with van der Waals surface area (Å²) in [6, 6.07) is 6.84. The van der Waals surface area contributed by atoms with Gasteiger partial charge in [0.1, 0.15) is 16.5 Å². The van der Waals surface area contributed by atoms with Crippen molar-refractivity contribution >= 4 is 34.2 Å². The summed E-state index contributed by atoms with van der Waals surface area (Å²) in [5.74, 6) is 0.309. The van der Waals surface area contributed by atoms with Gasteiger partial charge in [-0.2, -0.15) is 0 Å². The summed E-state index contributed by atoms with van der Waals surface area (Å²) in [5.41, 5.74) is 6.22. The number of rotatable bonds is 6. The summed E-state index contributed by atoms with van der Waals surface area (Å²) < 4.78 is 10.4. The van der Waals surface area contributed by atoms with E-state index in [0.717, 1.165) is 0 Å². The summed E-state index contributed by atoms with van der Waals surface area (Å²) in [5, 5.41) is 4.73. The van der Waals surface area contributed by atoms with E-state index >= 15 is 0 Å². The zero-order chi connectivity index (χ0) is 16.8. The normalized spacial score (nSPS) is 10.5. The highest BCUT2D eigenvalue weighted by Crippen LogP contribution is 2.26. The van der Waals surface area contributed by atoms with Crippen molar-refractivity contribution in [3.8, 4) is 11.5 Å². The first-order chi connectivity index (χ1) is 11.0. The smallest absolute Gasteiger partial charge is 0.251 e. The van der Waals surface area contributed by atoms with E-state index in [1.165, 1.54) is 17.4 Å². The molecule has 120 valence electrons. The number of carbonyl (C=O) groups excluding carboxylic acids is 2. The molecule has 0 unspecified atom stereocenters. The standard InChI is InChI=1S/C16H16N2O4S/c1-21-11-4-5-13(22-2)10(9-11)3-6-14(19)18-16-12(15(17)20)7-8-23-16/h3-9H,1-2H3,(H2,17,20)(H,18,19)/b6-3+. The lowest BCUT2D eigenvalue weighted by Gasteiger charge is -2.07. The van der Waals surface area contributed by atoms with Crippen molar-refractivity contribution in [1.82, 2.24) is 0 Å². The van der Waals surface area contributed by atoms with Crippen LogP contribution in [0.3, 0.4) is 0 Å². The van der Waals surface area contributed by atoms with Gasteiger partial charge in [0.15, 0.2) is 0 Å². The van der Waals surface area contributed by atoms with Crippen molar-refractivity contribution in [2.24, 2.45) is 5.73 Å². The van der Waals surface area contributed by atoms with Crippen molar-refractivity contribution in [3.05, 3.63) is 46.8 Å². The van der Waals surface area contributed by atoms with E-state index in [1.807, 2.05) is 0 Å². The minimum atomic E-state index is -0.583. The number of primary amides is 1. The van der Waals surface area contributed by atoms with E-state index < -0.39 is 5.91 Å². The number of thiophene rings is 1. The van der Waals surface area contributed by atoms with E-state index in [0.29, 0.717) is 22.1 Å². The molecule has 3 N–H and O–H groups in total. The molecule has 0 aliphatic rings. The Hall–Kier alpha value is -2.80. The second-order valence-corrected chi connectivity index (χ2v) is 5.37. The van der Waals surface area contributed by atoms with Gasteiger partial charge in [-0.15, -0.1) is 11.3 Å². The van der Waals surface area contributed by atoms with Gasteiger partial charge in [0.05, 0.1) is 19.8 Å². The molecule has 0 aliphatic carbocycles. The Balaban J connectivity index is 2.15. The minimum absolute atomic E-state index is 0.288. The maximum atomic E-state index is 12.0. The summed E-state index contributed by atoms with van der Waals surface area (Å²) in [4.78, 5) is 23.2. The number of hydrogen-bond donors (Lipinski definition) is 2. The number of nitrogens with one attached hydrogen (secondary N) is 1. The van der Waals surface area contributed by atoms with Crippen LogP contribution in [0.5, 0.6) is 11.5 Å². The number of nitrogens with two attached hydrogens (primary N) is 1. The first-order valence-corrected chi connectivity index (χ1v) is 7.51. The molecular formula is C16H16N2O4S. The van der Waals surface area contributed by atoms with Gasteiger partial charge in [-0.3, -0.25) is 9.59 Å². The van der Waals surface area contributed by atoms with Crippen LogP contribution in [0, 0.1) is 0 Å². The van der Waals surface area contributed by atoms with E-state index in [-0.39, 0.29) is 11.5 Å². The molecule has 6 nitrogen and oxygen atoms in total. The van der Waals surface area contributed by atoms with Gasteiger partial charge in [0.25, 0.3) is 5.91 Å². The lowest BCUT2D eigenvalue weighted by molar-refractivity contribution is -0.111. The third-order valence-electron chi connectivity index (χ3n) is 3.02. The van der Waals surface area contributed by atoms with Gasteiger partial charge >= 0.3 is 0 Å². The molecule has 1 aromatic heterocycles. The van der Waals surface area contributed by atoms with Gasteiger partial charge in [-0.1, -0.05) is 0 Å². The third-order valence-corrected chi connectivity index (χ3v) is 3.85. The maximum absolute atomic E-state index is 12.0. The maximum Gasteiger partial charge on any atom is 0.251 e. The molecular weight excluding hydrogens is 316 g/mol. The van der Waals surface area contributed by atoms with Crippen LogP contribution in [-0.4, -0.2) is 26.0 Å². The van der Waals surface area contributed by atoms with Crippen LogP contribution in [0.2, 0.25) is 0 Å². The molecule has 1 aromatic carbocycles. The fraction of sp³-hybridized carbons (Fsp3) is 0.125. The Kier molecular flexibility index (Phi) is 5.37. The number of amides is 2. The first-order valence-electron chi connectivity index (χ1n) is 6.63. The second kappa shape index (κ2) is 7.46. The summed E-state index contributed by atoms with van der Waals surface area (Å²) >= 11 is 1.23. The highest BCUT2D eigenvalue weighted by Gasteiger charge is 2.11. The summed E-state index contributed by atoms with van der Waals surface area (Å²) in [6.45, 7) is 0. The lowest BCUT2D eigenvalue weighted by Crippen LogP contribution is -2.14. The number of benzene rings is 1. The highest BCUT2D eigenvalue weighted by molar-refractivity contribution is 7.14. The molecule has 0 bridgehead atoms. The van der Waals surface area contributed by atoms with E-state index in [2.05, 4.69) is 5.32 Å². The predicted molar refractivity (Wildman–Crippen MR) is 90.0 cm³/mol. The summed E-state index contributed by atoms with van der Waals surface area (Å²) in [6.07, 6.45) is 2.95. The van der Waals surface area contributed by atoms with Crippen molar-refractivity contribution < 1.29 is 19.1 Å². The lowest BCUT2D eigenvalue weighted by atomic mass is 10.1. The average Bonchev–Trinajstić information content (AvgIpc) is 3.00. The van der Waals surface area contributed by atoms with E-state index in [4.69, 9.17) is 15.2 Å². The van der Waals surface area contributed by atoms with Crippen molar-refractivity contribution in [3.63, 3.8) is 0 Å². The van der Waals surface area contributed by atoms with Crippen LogP contribution >= 0.6 is 11.3 Å². The topological polar surface area (TPSA) is 90.7 Å².